The van der Waals surface area contributed by atoms with Crippen molar-refractivity contribution in [2.75, 3.05) is 6.61 Å². The number of nitriles is 1. The van der Waals surface area contributed by atoms with Crippen molar-refractivity contribution in [3.8, 4) is 17.6 Å². The zero-order valence-electron chi connectivity index (χ0n) is 15.2. The van der Waals surface area contributed by atoms with E-state index in [1.54, 1.807) is 18.2 Å². The SMILES string of the molecule is CCOc1cc2c(cc1/C=C(\C#N)C(=O)c1cccc(C)c1)O[C@@H](C)C2. The molecule has 0 N–H and O–H groups in total. The predicted molar refractivity (Wildman–Crippen MR) is 101 cm³/mol. The minimum Gasteiger partial charge on any atom is -0.493 e. The molecule has 0 saturated heterocycles. The summed E-state index contributed by atoms with van der Waals surface area (Å²) in [4.78, 5) is 12.7. The molecule has 0 saturated carbocycles. The van der Waals surface area contributed by atoms with Gasteiger partial charge in [0.1, 0.15) is 29.2 Å². The van der Waals surface area contributed by atoms with Crippen molar-refractivity contribution in [3.63, 3.8) is 0 Å². The van der Waals surface area contributed by atoms with Crippen molar-refractivity contribution in [1.82, 2.24) is 0 Å². The second-order valence-electron chi connectivity index (χ2n) is 6.43. The molecule has 1 aliphatic heterocycles. The van der Waals surface area contributed by atoms with E-state index in [1.807, 2.05) is 51.1 Å². The van der Waals surface area contributed by atoms with E-state index >= 15 is 0 Å². The molecular formula is C22H21NO3. The number of nitrogens with zero attached hydrogens (tertiary/aromatic N) is 1. The second kappa shape index (κ2) is 7.45. The molecule has 0 radical (unpaired) electrons. The normalized spacial score (nSPS) is 15.8. The maximum absolute atomic E-state index is 12.7. The van der Waals surface area contributed by atoms with Crippen LogP contribution >= 0.6 is 0 Å². The number of ether oxygens (including phenoxy) is 2. The first-order valence-electron chi connectivity index (χ1n) is 8.71. The lowest BCUT2D eigenvalue weighted by atomic mass is 9.99. The quantitative estimate of drug-likeness (QED) is 0.454. The summed E-state index contributed by atoms with van der Waals surface area (Å²) in [5.74, 6) is 1.15. The van der Waals surface area contributed by atoms with Gasteiger partial charge in [-0.15, -0.1) is 0 Å². The highest BCUT2D eigenvalue weighted by Gasteiger charge is 2.22. The highest BCUT2D eigenvalue weighted by atomic mass is 16.5. The number of aryl methyl sites for hydroxylation is 1. The summed E-state index contributed by atoms with van der Waals surface area (Å²) in [5.41, 5.74) is 3.31. The van der Waals surface area contributed by atoms with Gasteiger partial charge in [-0.1, -0.05) is 23.8 Å². The Morgan fingerprint density at radius 3 is 2.88 bits per heavy atom. The van der Waals surface area contributed by atoms with Crippen LogP contribution in [0.15, 0.2) is 42.0 Å². The summed E-state index contributed by atoms with van der Waals surface area (Å²) in [6.45, 7) is 6.34. The molecule has 3 rings (SSSR count). The van der Waals surface area contributed by atoms with Gasteiger partial charge in [0.2, 0.25) is 5.78 Å². The first-order chi connectivity index (χ1) is 12.5. The van der Waals surface area contributed by atoms with E-state index in [9.17, 15) is 10.1 Å². The van der Waals surface area contributed by atoms with Crippen molar-refractivity contribution >= 4 is 11.9 Å². The van der Waals surface area contributed by atoms with Gasteiger partial charge in [-0.2, -0.15) is 5.26 Å². The number of hydrogen-bond acceptors (Lipinski definition) is 4. The van der Waals surface area contributed by atoms with Gasteiger partial charge in [-0.3, -0.25) is 4.79 Å². The fraction of sp³-hybridized carbons (Fsp3) is 0.273. The molecule has 2 aromatic carbocycles. The molecule has 4 heteroatoms. The Balaban J connectivity index is 2.02. The van der Waals surface area contributed by atoms with Crippen LogP contribution < -0.4 is 9.47 Å². The lowest BCUT2D eigenvalue weighted by Crippen LogP contribution is -2.05. The third-order valence-corrected chi connectivity index (χ3v) is 4.27. The zero-order chi connectivity index (χ0) is 18.7. The Morgan fingerprint density at radius 2 is 2.19 bits per heavy atom. The van der Waals surface area contributed by atoms with E-state index in [1.165, 1.54) is 0 Å². The lowest BCUT2D eigenvalue weighted by molar-refractivity contribution is 0.104. The number of carbonyl (C=O) groups excluding carboxylic acids is 1. The summed E-state index contributed by atoms with van der Waals surface area (Å²) in [5, 5.41) is 9.53. The van der Waals surface area contributed by atoms with Crippen LogP contribution in [-0.4, -0.2) is 18.5 Å². The van der Waals surface area contributed by atoms with E-state index in [0.717, 1.165) is 23.3 Å². The minimum atomic E-state index is -0.298. The van der Waals surface area contributed by atoms with E-state index in [-0.39, 0.29) is 17.5 Å². The molecule has 4 nitrogen and oxygen atoms in total. The minimum absolute atomic E-state index is 0.0718. The molecule has 1 aliphatic rings. The Labute approximate surface area is 153 Å². The molecule has 0 aromatic heterocycles. The predicted octanol–water partition coefficient (Wildman–Crippen LogP) is 4.51. The fourth-order valence-corrected chi connectivity index (χ4v) is 3.09. The first kappa shape index (κ1) is 17.8. The molecule has 0 unspecified atom stereocenters. The van der Waals surface area contributed by atoms with Crippen LogP contribution in [0, 0.1) is 18.3 Å². The number of rotatable bonds is 5. The third-order valence-electron chi connectivity index (χ3n) is 4.27. The van der Waals surface area contributed by atoms with Crippen molar-refractivity contribution < 1.29 is 14.3 Å². The molecule has 2 aromatic rings. The van der Waals surface area contributed by atoms with Gasteiger partial charge in [-0.05, 0) is 45.0 Å². The van der Waals surface area contributed by atoms with E-state index in [0.29, 0.717) is 23.5 Å². The average molecular weight is 347 g/mol. The van der Waals surface area contributed by atoms with Crippen LogP contribution in [0.5, 0.6) is 11.5 Å². The van der Waals surface area contributed by atoms with Crippen molar-refractivity contribution in [2.45, 2.75) is 33.3 Å². The van der Waals surface area contributed by atoms with Crippen LogP contribution in [0.2, 0.25) is 0 Å². The van der Waals surface area contributed by atoms with Gasteiger partial charge in [0.15, 0.2) is 0 Å². The molecule has 0 spiro atoms. The van der Waals surface area contributed by atoms with Crippen molar-refractivity contribution in [1.29, 1.82) is 5.26 Å². The summed E-state index contributed by atoms with van der Waals surface area (Å²) in [6.07, 6.45) is 2.53. The number of allylic oxidation sites excluding steroid dienone is 1. The van der Waals surface area contributed by atoms with E-state index in [2.05, 4.69) is 0 Å². The average Bonchev–Trinajstić information content (AvgIpc) is 2.98. The van der Waals surface area contributed by atoms with Gasteiger partial charge in [0, 0.05) is 23.1 Å². The molecular weight excluding hydrogens is 326 g/mol. The Hall–Kier alpha value is -3.06. The number of carbonyl (C=O) groups is 1. The number of fused-ring (bicyclic) bond motifs is 1. The van der Waals surface area contributed by atoms with Gasteiger partial charge in [-0.25, -0.2) is 0 Å². The summed E-state index contributed by atoms with van der Waals surface area (Å²) >= 11 is 0. The fourth-order valence-electron chi connectivity index (χ4n) is 3.09. The zero-order valence-corrected chi connectivity index (χ0v) is 15.2. The van der Waals surface area contributed by atoms with Gasteiger partial charge >= 0.3 is 0 Å². The Bertz CT molecular complexity index is 921. The van der Waals surface area contributed by atoms with Gasteiger partial charge in [0.25, 0.3) is 0 Å². The van der Waals surface area contributed by atoms with Crippen LogP contribution in [-0.2, 0) is 6.42 Å². The smallest absolute Gasteiger partial charge is 0.203 e. The lowest BCUT2D eigenvalue weighted by Gasteiger charge is -2.10. The highest BCUT2D eigenvalue weighted by molar-refractivity contribution is 6.14. The van der Waals surface area contributed by atoms with Crippen molar-refractivity contribution in [2.24, 2.45) is 0 Å². The molecule has 0 amide bonds. The maximum atomic E-state index is 12.7. The molecule has 1 heterocycles. The summed E-state index contributed by atoms with van der Waals surface area (Å²) in [6, 6.07) is 13.1. The molecule has 1 atom stereocenters. The largest absolute Gasteiger partial charge is 0.493 e. The van der Waals surface area contributed by atoms with Crippen molar-refractivity contribution in [3.05, 3.63) is 64.2 Å². The standard InChI is InChI=1S/C22H21NO3/c1-4-25-20-11-17-9-15(3)26-21(17)12-18(20)10-19(13-23)22(24)16-7-5-6-14(2)8-16/h5-8,10-12,15H,4,9H2,1-3H3/b19-10+/t15-/m0/s1. The van der Waals surface area contributed by atoms with Crippen LogP contribution in [0.3, 0.4) is 0 Å². The highest BCUT2D eigenvalue weighted by Crippen LogP contribution is 2.36. The number of benzene rings is 2. The first-order valence-corrected chi connectivity index (χ1v) is 8.71. The number of hydrogen-bond donors (Lipinski definition) is 0. The molecule has 0 aliphatic carbocycles. The van der Waals surface area contributed by atoms with Gasteiger partial charge < -0.3 is 9.47 Å². The third kappa shape index (κ3) is 3.62. The molecule has 0 fully saturated rings. The summed E-state index contributed by atoms with van der Waals surface area (Å²) < 4.78 is 11.5. The molecule has 0 bridgehead atoms. The summed E-state index contributed by atoms with van der Waals surface area (Å²) in [7, 11) is 0. The second-order valence-corrected chi connectivity index (χ2v) is 6.43. The Morgan fingerprint density at radius 1 is 1.38 bits per heavy atom. The maximum Gasteiger partial charge on any atom is 0.203 e. The van der Waals surface area contributed by atoms with E-state index < -0.39 is 0 Å². The topological polar surface area (TPSA) is 59.3 Å². The molecule has 132 valence electrons. The van der Waals surface area contributed by atoms with Crippen LogP contribution in [0.25, 0.3) is 6.08 Å². The number of ketones is 1. The number of Topliss-reactive ketones (excluding diaryl/α,β-unsaturated/α-hetero) is 1. The van der Waals surface area contributed by atoms with Crippen LogP contribution in [0.4, 0.5) is 0 Å². The monoisotopic (exact) mass is 347 g/mol. The molecule has 26 heavy (non-hydrogen) atoms. The van der Waals surface area contributed by atoms with E-state index in [4.69, 9.17) is 9.47 Å². The van der Waals surface area contributed by atoms with Crippen LogP contribution in [0.1, 0.15) is 40.9 Å². The van der Waals surface area contributed by atoms with Gasteiger partial charge in [0.05, 0.1) is 6.61 Å². The Kier molecular flexibility index (Phi) is 5.09.